The molecule has 0 atom stereocenters. The molecule has 0 unspecified atom stereocenters. The fourth-order valence-electron chi connectivity index (χ4n) is 2.60. The number of fused-ring (bicyclic) bond motifs is 1. The van der Waals surface area contributed by atoms with Crippen molar-refractivity contribution in [1.82, 2.24) is 9.97 Å². The third-order valence-electron chi connectivity index (χ3n) is 3.91. The van der Waals surface area contributed by atoms with Crippen LogP contribution in [-0.2, 0) is 6.61 Å². The summed E-state index contributed by atoms with van der Waals surface area (Å²) in [7, 11) is 0. The molecule has 4 rings (SSSR count). The van der Waals surface area contributed by atoms with Crippen LogP contribution in [0, 0.1) is 0 Å². The Hall–Kier alpha value is -3.38. The number of carbonyl (C=O) groups excluding carboxylic acids is 1. The first kappa shape index (κ1) is 17.1. The monoisotopic (exact) mass is 379 g/mol. The molecule has 0 fully saturated rings. The van der Waals surface area contributed by atoms with Gasteiger partial charge in [0.05, 0.1) is 27.9 Å². The normalized spacial score (nSPS) is 10.7. The Morgan fingerprint density at radius 3 is 2.74 bits per heavy atom. The molecule has 0 bridgehead atoms. The summed E-state index contributed by atoms with van der Waals surface area (Å²) in [6.07, 6.45) is 4.68. The molecule has 0 aliphatic rings. The van der Waals surface area contributed by atoms with Gasteiger partial charge in [0.25, 0.3) is 5.91 Å². The number of anilines is 1. The van der Waals surface area contributed by atoms with Crippen molar-refractivity contribution in [2.45, 2.75) is 6.61 Å². The summed E-state index contributed by atoms with van der Waals surface area (Å²) < 4.78 is 11.1. The second-order valence-corrected chi connectivity index (χ2v) is 6.10. The molecular weight excluding hydrogens is 366 g/mol. The highest BCUT2D eigenvalue weighted by atomic mass is 35.5. The number of amides is 1. The number of para-hydroxylation sites is 1. The van der Waals surface area contributed by atoms with Crippen molar-refractivity contribution in [2.75, 3.05) is 5.32 Å². The fraction of sp³-hybridized carbons (Fsp3) is 0.0500. The molecule has 0 aliphatic heterocycles. The third-order valence-corrected chi connectivity index (χ3v) is 4.22. The summed E-state index contributed by atoms with van der Waals surface area (Å²) in [6.45, 7) is 0.0860. The lowest BCUT2D eigenvalue weighted by molar-refractivity contribution is 0.102. The Labute approximate surface area is 159 Å². The van der Waals surface area contributed by atoms with E-state index in [9.17, 15) is 4.79 Å². The Morgan fingerprint density at radius 1 is 1.07 bits per heavy atom. The molecule has 0 radical (unpaired) electrons. The Morgan fingerprint density at radius 2 is 1.89 bits per heavy atom. The van der Waals surface area contributed by atoms with E-state index < -0.39 is 0 Å². The first-order valence-electron chi connectivity index (χ1n) is 8.16. The summed E-state index contributed by atoms with van der Waals surface area (Å²) in [5.74, 6) is 0.632. The molecule has 0 saturated carbocycles. The van der Waals surface area contributed by atoms with Crippen molar-refractivity contribution in [1.29, 1.82) is 0 Å². The zero-order valence-corrected chi connectivity index (χ0v) is 14.8. The van der Waals surface area contributed by atoms with Gasteiger partial charge < -0.3 is 14.5 Å². The second-order valence-electron chi connectivity index (χ2n) is 5.69. The van der Waals surface area contributed by atoms with E-state index in [2.05, 4.69) is 15.3 Å². The number of hydrogen-bond acceptors (Lipinski definition) is 5. The van der Waals surface area contributed by atoms with Crippen molar-refractivity contribution < 1.29 is 13.9 Å². The van der Waals surface area contributed by atoms with Gasteiger partial charge in [0.15, 0.2) is 5.76 Å². The summed E-state index contributed by atoms with van der Waals surface area (Å²) in [4.78, 5) is 21.1. The molecule has 7 heteroatoms. The molecule has 134 valence electrons. The third kappa shape index (κ3) is 3.75. The molecule has 6 nitrogen and oxygen atoms in total. The number of hydrogen-bond donors (Lipinski definition) is 1. The van der Waals surface area contributed by atoms with Crippen LogP contribution < -0.4 is 10.1 Å². The topological polar surface area (TPSA) is 77.3 Å². The van der Waals surface area contributed by atoms with Crippen LogP contribution in [0.5, 0.6) is 5.75 Å². The van der Waals surface area contributed by atoms with Gasteiger partial charge in [0, 0.05) is 18.1 Å². The minimum absolute atomic E-state index is 0.0860. The predicted octanol–water partition coefficient (Wildman–Crippen LogP) is 4.71. The molecular formula is C20H14ClN3O3. The molecule has 0 spiro atoms. The van der Waals surface area contributed by atoms with Crippen molar-refractivity contribution >= 4 is 34.2 Å². The number of furan rings is 1. The van der Waals surface area contributed by atoms with E-state index in [1.54, 1.807) is 48.8 Å². The van der Waals surface area contributed by atoms with Crippen LogP contribution in [0.25, 0.3) is 11.0 Å². The first-order chi connectivity index (χ1) is 13.2. The van der Waals surface area contributed by atoms with Crippen LogP contribution >= 0.6 is 11.6 Å². The van der Waals surface area contributed by atoms with Crippen molar-refractivity contribution in [2.24, 2.45) is 0 Å². The highest BCUT2D eigenvalue weighted by Gasteiger charge is 2.16. The molecule has 4 aromatic rings. The van der Waals surface area contributed by atoms with E-state index in [1.165, 1.54) is 6.26 Å². The zero-order chi connectivity index (χ0) is 18.6. The van der Waals surface area contributed by atoms with Gasteiger partial charge in [-0.2, -0.15) is 0 Å². The SMILES string of the molecule is O=C(Nc1ccc2nccnc2c1)c1ccoc1COc1ccccc1Cl. The summed E-state index contributed by atoms with van der Waals surface area (Å²) in [5.41, 5.74) is 2.46. The number of nitrogens with zero attached hydrogens (tertiary/aromatic N) is 2. The quantitative estimate of drug-likeness (QED) is 0.543. The predicted molar refractivity (Wildman–Crippen MR) is 102 cm³/mol. The van der Waals surface area contributed by atoms with E-state index in [1.807, 2.05) is 12.1 Å². The first-order valence-corrected chi connectivity index (χ1v) is 8.54. The smallest absolute Gasteiger partial charge is 0.259 e. The van der Waals surface area contributed by atoms with Crippen LogP contribution in [0.4, 0.5) is 5.69 Å². The van der Waals surface area contributed by atoms with Gasteiger partial charge in [-0.3, -0.25) is 14.8 Å². The lowest BCUT2D eigenvalue weighted by atomic mass is 10.2. The molecule has 2 aromatic carbocycles. The summed E-state index contributed by atoms with van der Waals surface area (Å²) in [5, 5.41) is 3.33. The fourth-order valence-corrected chi connectivity index (χ4v) is 2.79. The van der Waals surface area contributed by atoms with Gasteiger partial charge in [-0.1, -0.05) is 23.7 Å². The van der Waals surface area contributed by atoms with Crippen molar-refractivity contribution in [3.8, 4) is 5.75 Å². The molecule has 2 aromatic heterocycles. The average Bonchev–Trinajstić information content (AvgIpc) is 3.16. The molecule has 1 amide bonds. The Balaban J connectivity index is 1.49. The minimum atomic E-state index is -0.301. The summed E-state index contributed by atoms with van der Waals surface area (Å²) in [6, 6.07) is 14.1. The number of ether oxygens (including phenoxy) is 1. The number of carbonyl (C=O) groups is 1. The van der Waals surface area contributed by atoms with E-state index in [4.69, 9.17) is 20.8 Å². The van der Waals surface area contributed by atoms with E-state index in [-0.39, 0.29) is 12.5 Å². The van der Waals surface area contributed by atoms with Gasteiger partial charge in [-0.05, 0) is 36.4 Å². The number of halogens is 1. The van der Waals surface area contributed by atoms with E-state index in [0.29, 0.717) is 33.3 Å². The van der Waals surface area contributed by atoms with Crippen LogP contribution in [0.1, 0.15) is 16.1 Å². The van der Waals surface area contributed by atoms with Gasteiger partial charge in [-0.15, -0.1) is 0 Å². The number of benzene rings is 2. The maximum atomic E-state index is 12.6. The van der Waals surface area contributed by atoms with Gasteiger partial charge >= 0.3 is 0 Å². The van der Waals surface area contributed by atoms with E-state index >= 15 is 0 Å². The standard InChI is InChI=1S/C20H14ClN3O3/c21-15-3-1-2-4-18(15)27-12-19-14(7-10-26-19)20(25)24-13-5-6-16-17(11-13)23-9-8-22-16/h1-11H,12H2,(H,24,25). The van der Waals surface area contributed by atoms with Crippen molar-refractivity contribution in [3.05, 3.63) is 83.5 Å². The highest BCUT2D eigenvalue weighted by Crippen LogP contribution is 2.25. The second kappa shape index (κ2) is 7.47. The largest absolute Gasteiger partial charge is 0.484 e. The number of nitrogens with one attached hydrogen (secondary N) is 1. The van der Waals surface area contributed by atoms with Gasteiger partial charge in [0.1, 0.15) is 12.4 Å². The summed E-state index contributed by atoms with van der Waals surface area (Å²) >= 11 is 6.08. The number of rotatable bonds is 5. The molecule has 1 N–H and O–H groups in total. The Kier molecular flexibility index (Phi) is 4.72. The number of aromatic nitrogens is 2. The highest BCUT2D eigenvalue weighted by molar-refractivity contribution is 6.32. The lowest BCUT2D eigenvalue weighted by Crippen LogP contribution is -2.13. The van der Waals surface area contributed by atoms with Gasteiger partial charge in [-0.25, -0.2) is 0 Å². The average molecular weight is 380 g/mol. The Bertz CT molecular complexity index is 1110. The molecule has 27 heavy (non-hydrogen) atoms. The minimum Gasteiger partial charge on any atom is -0.484 e. The maximum Gasteiger partial charge on any atom is 0.259 e. The maximum absolute atomic E-state index is 12.6. The lowest BCUT2D eigenvalue weighted by Gasteiger charge is -2.08. The van der Waals surface area contributed by atoms with Crippen LogP contribution in [0.15, 0.2) is 71.6 Å². The molecule has 0 aliphatic carbocycles. The molecule has 2 heterocycles. The molecule has 0 saturated heterocycles. The zero-order valence-electron chi connectivity index (χ0n) is 14.1. The van der Waals surface area contributed by atoms with Crippen molar-refractivity contribution in [3.63, 3.8) is 0 Å². The van der Waals surface area contributed by atoms with E-state index in [0.717, 1.165) is 5.52 Å². The van der Waals surface area contributed by atoms with Crippen LogP contribution in [0.3, 0.4) is 0 Å². The van der Waals surface area contributed by atoms with Crippen LogP contribution in [-0.4, -0.2) is 15.9 Å². The van der Waals surface area contributed by atoms with Gasteiger partial charge in [0.2, 0.25) is 0 Å². The van der Waals surface area contributed by atoms with Crippen LogP contribution in [0.2, 0.25) is 5.02 Å².